The van der Waals surface area contributed by atoms with E-state index in [1.54, 1.807) is 13.0 Å². The zero-order valence-corrected chi connectivity index (χ0v) is 17.5. The lowest BCUT2D eigenvalue weighted by atomic mass is 9.98. The largest absolute Gasteiger partial charge is 0.391 e. The fourth-order valence-corrected chi connectivity index (χ4v) is 4.12. The SMILES string of the molecule is Cc1cc(CC(=O)N2C[C@H](O)C[C@H]2C(=O)CCc2cccc(-c3ccccc3)c2)on1. The van der Waals surface area contributed by atoms with E-state index in [2.05, 4.69) is 29.4 Å². The summed E-state index contributed by atoms with van der Waals surface area (Å²) in [6.07, 6.45) is 0.548. The molecule has 1 fully saturated rings. The van der Waals surface area contributed by atoms with Crippen LogP contribution >= 0.6 is 0 Å². The second kappa shape index (κ2) is 9.27. The third-order valence-corrected chi connectivity index (χ3v) is 5.67. The van der Waals surface area contributed by atoms with Crippen molar-refractivity contribution in [1.29, 1.82) is 0 Å². The Hall–Kier alpha value is -3.25. The topological polar surface area (TPSA) is 83.6 Å². The summed E-state index contributed by atoms with van der Waals surface area (Å²) in [6, 6.07) is 19.4. The number of rotatable bonds is 7. The number of hydrogen-bond acceptors (Lipinski definition) is 5. The molecule has 0 aliphatic carbocycles. The lowest BCUT2D eigenvalue weighted by molar-refractivity contribution is -0.137. The number of aliphatic hydroxyl groups is 1. The summed E-state index contributed by atoms with van der Waals surface area (Å²) >= 11 is 0. The van der Waals surface area contributed by atoms with Gasteiger partial charge in [-0.15, -0.1) is 0 Å². The van der Waals surface area contributed by atoms with Crippen molar-refractivity contribution in [3.8, 4) is 11.1 Å². The first-order chi connectivity index (χ1) is 15.0. The molecule has 0 spiro atoms. The highest BCUT2D eigenvalue weighted by Gasteiger charge is 2.38. The van der Waals surface area contributed by atoms with Crippen molar-refractivity contribution in [3.63, 3.8) is 0 Å². The standard InChI is InChI=1S/C25H26N2O4/c1-17-12-22(31-26-17)15-25(30)27-16-21(28)14-23(27)24(29)11-10-18-6-5-9-20(13-18)19-7-3-2-4-8-19/h2-9,12-13,21,23,28H,10-11,14-16H2,1H3/t21-,23+/m1/s1. The number of carbonyl (C=O) groups excluding carboxylic acids is 2. The molecule has 2 atom stereocenters. The summed E-state index contributed by atoms with van der Waals surface area (Å²) in [7, 11) is 0. The van der Waals surface area contributed by atoms with Gasteiger partial charge in [0.2, 0.25) is 5.91 Å². The Morgan fingerprint density at radius 3 is 2.61 bits per heavy atom. The minimum atomic E-state index is -0.684. The average molecular weight is 418 g/mol. The van der Waals surface area contributed by atoms with Crippen molar-refractivity contribution in [2.75, 3.05) is 6.54 Å². The molecule has 160 valence electrons. The highest BCUT2D eigenvalue weighted by molar-refractivity contribution is 5.90. The first-order valence-electron chi connectivity index (χ1n) is 10.6. The van der Waals surface area contributed by atoms with Gasteiger partial charge in [-0.05, 0) is 30.0 Å². The van der Waals surface area contributed by atoms with E-state index in [1.807, 2.05) is 30.3 Å². The van der Waals surface area contributed by atoms with Crippen LogP contribution in [0.15, 0.2) is 65.2 Å². The van der Waals surface area contributed by atoms with Crippen LogP contribution in [-0.2, 0) is 22.4 Å². The number of carbonyl (C=O) groups is 2. The smallest absolute Gasteiger partial charge is 0.231 e. The molecule has 1 aromatic heterocycles. The number of nitrogens with zero attached hydrogens (tertiary/aromatic N) is 2. The predicted molar refractivity (Wildman–Crippen MR) is 116 cm³/mol. The first-order valence-corrected chi connectivity index (χ1v) is 10.6. The fraction of sp³-hybridized carbons (Fsp3) is 0.320. The third kappa shape index (κ3) is 5.09. The van der Waals surface area contributed by atoms with Crippen LogP contribution in [0, 0.1) is 6.92 Å². The van der Waals surface area contributed by atoms with Crippen LogP contribution in [0.4, 0.5) is 0 Å². The van der Waals surface area contributed by atoms with E-state index in [0.29, 0.717) is 24.3 Å². The third-order valence-electron chi connectivity index (χ3n) is 5.67. The fourth-order valence-electron chi connectivity index (χ4n) is 4.12. The van der Waals surface area contributed by atoms with Crippen LogP contribution in [0.3, 0.4) is 0 Å². The van der Waals surface area contributed by atoms with Crippen molar-refractivity contribution >= 4 is 11.7 Å². The van der Waals surface area contributed by atoms with Crippen molar-refractivity contribution in [2.45, 2.75) is 44.8 Å². The molecular weight excluding hydrogens is 392 g/mol. The van der Waals surface area contributed by atoms with Crippen molar-refractivity contribution in [2.24, 2.45) is 0 Å². The second-order valence-corrected chi connectivity index (χ2v) is 8.10. The molecule has 3 aromatic rings. The van der Waals surface area contributed by atoms with E-state index >= 15 is 0 Å². The van der Waals surface area contributed by atoms with Gasteiger partial charge >= 0.3 is 0 Å². The van der Waals surface area contributed by atoms with E-state index in [9.17, 15) is 14.7 Å². The molecule has 0 unspecified atom stereocenters. The monoisotopic (exact) mass is 418 g/mol. The lowest BCUT2D eigenvalue weighted by Crippen LogP contribution is -2.41. The van der Waals surface area contributed by atoms with Gasteiger partial charge in [-0.3, -0.25) is 9.59 Å². The van der Waals surface area contributed by atoms with Gasteiger partial charge in [0.25, 0.3) is 0 Å². The van der Waals surface area contributed by atoms with Crippen LogP contribution < -0.4 is 0 Å². The van der Waals surface area contributed by atoms with Crippen LogP contribution in [0.25, 0.3) is 11.1 Å². The van der Waals surface area contributed by atoms with Crippen LogP contribution in [-0.4, -0.2) is 45.5 Å². The quantitative estimate of drug-likeness (QED) is 0.636. The van der Waals surface area contributed by atoms with E-state index < -0.39 is 12.1 Å². The molecule has 1 aliphatic rings. The van der Waals surface area contributed by atoms with Gasteiger partial charge in [0.05, 0.1) is 24.3 Å². The van der Waals surface area contributed by atoms with Crippen LogP contribution in [0.5, 0.6) is 0 Å². The van der Waals surface area contributed by atoms with E-state index in [4.69, 9.17) is 4.52 Å². The number of aromatic nitrogens is 1. The molecule has 2 heterocycles. The molecule has 0 radical (unpaired) electrons. The summed E-state index contributed by atoms with van der Waals surface area (Å²) in [5.41, 5.74) is 4.02. The Bertz CT molecular complexity index is 1060. The lowest BCUT2D eigenvalue weighted by Gasteiger charge is -2.23. The van der Waals surface area contributed by atoms with Crippen LogP contribution in [0.2, 0.25) is 0 Å². The second-order valence-electron chi connectivity index (χ2n) is 8.10. The molecule has 2 aromatic carbocycles. The number of amides is 1. The zero-order chi connectivity index (χ0) is 21.8. The van der Waals surface area contributed by atoms with Crippen LogP contribution in [0.1, 0.15) is 29.9 Å². The summed E-state index contributed by atoms with van der Waals surface area (Å²) < 4.78 is 5.13. The highest BCUT2D eigenvalue weighted by Crippen LogP contribution is 2.24. The van der Waals surface area contributed by atoms with Gasteiger partial charge in [-0.1, -0.05) is 59.8 Å². The maximum atomic E-state index is 12.9. The number of benzene rings is 2. The number of aryl methyl sites for hydroxylation is 2. The molecule has 31 heavy (non-hydrogen) atoms. The Morgan fingerprint density at radius 2 is 1.87 bits per heavy atom. The molecule has 6 heteroatoms. The molecule has 1 N–H and O–H groups in total. The predicted octanol–water partition coefficient (Wildman–Crippen LogP) is 3.36. The van der Waals surface area contributed by atoms with E-state index in [-0.39, 0.29) is 31.1 Å². The molecule has 1 aliphatic heterocycles. The van der Waals surface area contributed by atoms with Gasteiger partial charge < -0.3 is 14.5 Å². The first kappa shape index (κ1) is 21.0. The normalized spacial score (nSPS) is 18.3. The van der Waals surface area contributed by atoms with Gasteiger partial charge in [0.15, 0.2) is 5.78 Å². The minimum absolute atomic E-state index is 0.0243. The molecule has 6 nitrogen and oxygen atoms in total. The number of hydrogen-bond donors (Lipinski definition) is 1. The molecule has 1 amide bonds. The number of β-amino-alcohol motifs (C(OH)–C–C–N with tert-alkyl or cyclic N) is 1. The number of likely N-dealkylation sites (tertiary alicyclic amines) is 1. The Morgan fingerprint density at radius 1 is 1.10 bits per heavy atom. The Balaban J connectivity index is 1.39. The summed E-state index contributed by atoms with van der Waals surface area (Å²) in [6.45, 7) is 1.96. The minimum Gasteiger partial charge on any atom is -0.391 e. The molecule has 4 rings (SSSR count). The summed E-state index contributed by atoms with van der Waals surface area (Å²) in [5, 5.41) is 13.9. The molecule has 0 saturated carbocycles. The number of ketones is 1. The molecule has 1 saturated heterocycles. The van der Waals surface area contributed by atoms with Gasteiger partial charge in [-0.25, -0.2) is 0 Å². The van der Waals surface area contributed by atoms with Crippen molar-refractivity contribution in [1.82, 2.24) is 10.1 Å². The van der Waals surface area contributed by atoms with Crippen molar-refractivity contribution in [3.05, 3.63) is 77.7 Å². The summed E-state index contributed by atoms with van der Waals surface area (Å²) in [4.78, 5) is 27.2. The van der Waals surface area contributed by atoms with Gasteiger partial charge in [-0.2, -0.15) is 0 Å². The van der Waals surface area contributed by atoms with Gasteiger partial charge in [0.1, 0.15) is 5.76 Å². The molecular formula is C25H26N2O4. The highest BCUT2D eigenvalue weighted by atomic mass is 16.5. The van der Waals surface area contributed by atoms with Gasteiger partial charge in [0, 0.05) is 25.5 Å². The average Bonchev–Trinajstić information content (AvgIpc) is 3.38. The number of Topliss-reactive ketones (excluding diaryl/α,β-unsaturated/α-hetero) is 1. The van der Waals surface area contributed by atoms with Crippen molar-refractivity contribution < 1.29 is 19.2 Å². The maximum Gasteiger partial charge on any atom is 0.231 e. The van der Waals surface area contributed by atoms with E-state index in [0.717, 1.165) is 16.7 Å². The Labute approximate surface area is 181 Å². The number of aliphatic hydroxyl groups excluding tert-OH is 1. The van der Waals surface area contributed by atoms with E-state index in [1.165, 1.54) is 4.90 Å². The maximum absolute atomic E-state index is 12.9. The summed E-state index contributed by atoms with van der Waals surface area (Å²) in [5.74, 6) is 0.216. The zero-order valence-electron chi connectivity index (χ0n) is 17.5. The Kier molecular flexibility index (Phi) is 6.28. The molecule has 0 bridgehead atoms.